The van der Waals surface area contributed by atoms with Crippen LogP contribution in [0, 0.1) is 11.6 Å². The van der Waals surface area contributed by atoms with Gasteiger partial charge in [0.15, 0.2) is 11.6 Å². The van der Waals surface area contributed by atoms with E-state index in [2.05, 4.69) is 12.2 Å². The third-order valence-corrected chi connectivity index (χ3v) is 2.98. The van der Waals surface area contributed by atoms with Crippen molar-refractivity contribution in [3.05, 3.63) is 29.3 Å². The highest BCUT2D eigenvalue weighted by molar-refractivity contribution is 7.80. The average Bonchev–Trinajstić information content (AvgIpc) is 2.38. The molecule has 0 atom stereocenters. The maximum absolute atomic E-state index is 14.0. The monoisotopic (exact) mass is 288 g/mol. The molecule has 0 heterocycles. The van der Waals surface area contributed by atoms with Crippen LogP contribution in [0.3, 0.4) is 0 Å². The van der Waals surface area contributed by atoms with Crippen LogP contribution in [0.1, 0.15) is 19.4 Å². The standard InChI is InChI=1S/C13H18F2N2OS/c1-3-17(7-8-18-4-2)10-6-5-9(13(16)19)11(14)12(10)15/h5-6H,3-4,7-8H2,1-2H3,(H2,16,19). The smallest absolute Gasteiger partial charge is 0.182 e. The molecule has 0 bridgehead atoms. The number of ether oxygens (including phenoxy) is 1. The van der Waals surface area contributed by atoms with Gasteiger partial charge in [0.2, 0.25) is 0 Å². The van der Waals surface area contributed by atoms with Gasteiger partial charge in [-0.3, -0.25) is 0 Å². The lowest BCUT2D eigenvalue weighted by molar-refractivity contribution is 0.154. The summed E-state index contributed by atoms with van der Waals surface area (Å²) in [7, 11) is 0. The molecule has 0 saturated carbocycles. The van der Waals surface area contributed by atoms with E-state index in [0.717, 1.165) is 0 Å². The van der Waals surface area contributed by atoms with E-state index in [9.17, 15) is 8.78 Å². The van der Waals surface area contributed by atoms with Gasteiger partial charge in [-0.2, -0.15) is 0 Å². The summed E-state index contributed by atoms with van der Waals surface area (Å²) < 4.78 is 33.0. The Kier molecular flexibility index (Phi) is 6.11. The van der Waals surface area contributed by atoms with Crippen molar-refractivity contribution in [2.75, 3.05) is 31.2 Å². The maximum Gasteiger partial charge on any atom is 0.182 e. The van der Waals surface area contributed by atoms with Gasteiger partial charge in [0.25, 0.3) is 0 Å². The highest BCUT2D eigenvalue weighted by atomic mass is 32.1. The van der Waals surface area contributed by atoms with Gasteiger partial charge in [0.05, 0.1) is 12.3 Å². The number of nitrogens with two attached hydrogens (primary N) is 1. The molecular weight excluding hydrogens is 270 g/mol. The van der Waals surface area contributed by atoms with Crippen molar-refractivity contribution in [3.63, 3.8) is 0 Å². The lowest BCUT2D eigenvalue weighted by atomic mass is 10.1. The number of rotatable bonds is 7. The molecule has 0 aliphatic rings. The van der Waals surface area contributed by atoms with Gasteiger partial charge in [0.1, 0.15) is 4.99 Å². The highest BCUT2D eigenvalue weighted by Gasteiger charge is 2.18. The number of hydrogen-bond acceptors (Lipinski definition) is 3. The first-order chi connectivity index (χ1) is 9.02. The molecule has 0 aliphatic carbocycles. The Morgan fingerprint density at radius 2 is 2.00 bits per heavy atom. The molecule has 1 aromatic carbocycles. The quantitative estimate of drug-likeness (QED) is 0.618. The number of benzene rings is 1. The molecule has 0 aromatic heterocycles. The van der Waals surface area contributed by atoms with Crippen LogP contribution in [0.25, 0.3) is 0 Å². The molecule has 6 heteroatoms. The van der Waals surface area contributed by atoms with Crippen molar-refractivity contribution in [1.29, 1.82) is 0 Å². The maximum atomic E-state index is 14.0. The van der Waals surface area contributed by atoms with Crippen LogP contribution in [0.4, 0.5) is 14.5 Å². The van der Waals surface area contributed by atoms with Gasteiger partial charge in [-0.15, -0.1) is 0 Å². The molecule has 0 spiro atoms. The minimum absolute atomic E-state index is 0.0721. The van der Waals surface area contributed by atoms with Crippen LogP contribution in [0.5, 0.6) is 0 Å². The van der Waals surface area contributed by atoms with E-state index in [1.165, 1.54) is 12.1 Å². The second-order valence-corrected chi connectivity index (χ2v) is 4.34. The Balaban J connectivity index is 2.99. The van der Waals surface area contributed by atoms with Crippen LogP contribution in [-0.2, 0) is 4.74 Å². The van der Waals surface area contributed by atoms with E-state index >= 15 is 0 Å². The first-order valence-electron chi connectivity index (χ1n) is 6.13. The minimum Gasteiger partial charge on any atom is -0.389 e. The van der Waals surface area contributed by atoms with Gasteiger partial charge in [-0.05, 0) is 26.0 Å². The van der Waals surface area contributed by atoms with E-state index < -0.39 is 11.6 Å². The molecule has 0 unspecified atom stereocenters. The summed E-state index contributed by atoms with van der Waals surface area (Å²) in [5.41, 5.74) is 5.45. The van der Waals surface area contributed by atoms with Crippen molar-refractivity contribution in [1.82, 2.24) is 0 Å². The summed E-state index contributed by atoms with van der Waals surface area (Å²) in [5.74, 6) is -1.93. The Morgan fingerprint density at radius 3 is 2.53 bits per heavy atom. The second-order valence-electron chi connectivity index (χ2n) is 3.90. The molecule has 0 aliphatic heterocycles. The van der Waals surface area contributed by atoms with Crippen LogP contribution in [-0.4, -0.2) is 31.3 Å². The summed E-state index contributed by atoms with van der Waals surface area (Å²) in [4.78, 5) is 1.55. The van der Waals surface area contributed by atoms with E-state index in [4.69, 9.17) is 10.5 Å². The summed E-state index contributed by atoms with van der Waals surface area (Å²) in [6.07, 6.45) is 0. The van der Waals surface area contributed by atoms with Gasteiger partial charge in [0, 0.05) is 25.3 Å². The molecule has 3 nitrogen and oxygen atoms in total. The first-order valence-corrected chi connectivity index (χ1v) is 6.54. The number of halogens is 2. The largest absolute Gasteiger partial charge is 0.389 e. The number of thiocarbonyl (C=S) groups is 1. The SMILES string of the molecule is CCOCCN(CC)c1ccc(C(N)=S)c(F)c1F. The number of hydrogen-bond donors (Lipinski definition) is 1. The summed E-state index contributed by atoms with van der Waals surface area (Å²) >= 11 is 4.67. The van der Waals surface area contributed by atoms with Gasteiger partial charge in [-0.25, -0.2) is 8.78 Å². The Hall–Kier alpha value is -1.27. The third-order valence-electron chi connectivity index (χ3n) is 2.76. The van der Waals surface area contributed by atoms with Crippen LogP contribution in [0.15, 0.2) is 12.1 Å². The predicted octanol–water partition coefficient (Wildman–Crippen LogP) is 2.46. The van der Waals surface area contributed by atoms with Crippen molar-refractivity contribution in [3.8, 4) is 0 Å². The van der Waals surface area contributed by atoms with Gasteiger partial charge >= 0.3 is 0 Å². The second kappa shape index (κ2) is 7.35. The molecule has 1 aromatic rings. The minimum atomic E-state index is -1.00. The molecule has 106 valence electrons. The summed E-state index contributed by atoms with van der Waals surface area (Å²) in [5, 5.41) is 0. The van der Waals surface area contributed by atoms with Crippen LogP contribution >= 0.6 is 12.2 Å². The molecule has 2 N–H and O–H groups in total. The first kappa shape index (κ1) is 15.8. The molecule has 1 rings (SSSR count). The zero-order chi connectivity index (χ0) is 14.4. The van der Waals surface area contributed by atoms with Crippen molar-refractivity contribution >= 4 is 22.9 Å². The highest BCUT2D eigenvalue weighted by Crippen LogP contribution is 2.24. The predicted molar refractivity (Wildman–Crippen MR) is 76.6 cm³/mol. The molecule has 0 radical (unpaired) electrons. The Bertz CT molecular complexity index is 455. The van der Waals surface area contributed by atoms with E-state index in [0.29, 0.717) is 26.3 Å². The van der Waals surface area contributed by atoms with Gasteiger partial charge in [-0.1, -0.05) is 12.2 Å². The Morgan fingerprint density at radius 1 is 1.32 bits per heavy atom. The van der Waals surface area contributed by atoms with Gasteiger partial charge < -0.3 is 15.4 Å². The zero-order valence-electron chi connectivity index (χ0n) is 11.1. The third kappa shape index (κ3) is 3.84. The van der Waals surface area contributed by atoms with E-state index in [1.807, 2.05) is 13.8 Å². The molecule has 0 fully saturated rings. The zero-order valence-corrected chi connectivity index (χ0v) is 11.9. The lowest BCUT2D eigenvalue weighted by Crippen LogP contribution is -2.28. The Labute approximate surface area is 117 Å². The van der Waals surface area contributed by atoms with E-state index in [-0.39, 0.29) is 16.2 Å². The number of likely N-dealkylation sites (N-methyl/N-ethyl adjacent to an activating group) is 1. The van der Waals surface area contributed by atoms with Crippen molar-refractivity contribution < 1.29 is 13.5 Å². The molecule has 0 amide bonds. The molecule has 0 saturated heterocycles. The fraction of sp³-hybridized carbons (Fsp3) is 0.462. The van der Waals surface area contributed by atoms with E-state index in [1.54, 1.807) is 4.90 Å². The van der Waals surface area contributed by atoms with Crippen molar-refractivity contribution in [2.45, 2.75) is 13.8 Å². The topological polar surface area (TPSA) is 38.5 Å². The molecular formula is C13H18F2N2OS. The van der Waals surface area contributed by atoms with Crippen molar-refractivity contribution in [2.24, 2.45) is 5.73 Å². The fourth-order valence-electron chi connectivity index (χ4n) is 1.74. The summed E-state index contributed by atoms with van der Waals surface area (Å²) in [6.45, 7) is 5.85. The summed E-state index contributed by atoms with van der Waals surface area (Å²) in [6, 6.07) is 2.89. The number of anilines is 1. The normalized spacial score (nSPS) is 10.5. The molecule has 19 heavy (non-hydrogen) atoms. The average molecular weight is 288 g/mol. The van der Waals surface area contributed by atoms with Crippen LogP contribution in [0.2, 0.25) is 0 Å². The fourth-order valence-corrected chi connectivity index (χ4v) is 1.90. The lowest BCUT2D eigenvalue weighted by Gasteiger charge is -2.24. The number of nitrogens with zero attached hydrogens (tertiary/aromatic N) is 1. The van der Waals surface area contributed by atoms with Crippen LogP contribution < -0.4 is 10.6 Å².